The van der Waals surface area contributed by atoms with E-state index in [2.05, 4.69) is 29.3 Å². The molecule has 0 spiro atoms. The summed E-state index contributed by atoms with van der Waals surface area (Å²) >= 11 is 0. The highest BCUT2D eigenvalue weighted by Crippen LogP contribution is 2.17. The van der Waals surface area contributed by atoms with Crippen molar-refractivity contribution in [1.29, 1.82) is 0 Å². The fourth-order valence-electron chi connectivity index (χ4n) is 1.94. The van der Waals surface area contributed by atoms with Crippen LogP contribution in [0.2, 0.25) is 0 Å². The molecule has 2 heterocycles. The van der Waals surface area contributed by atoms with Crippen LogP contribution in [0.5, 0.6) is 0 Å². The molecule has 0 radical (unpaired) electrons. The van der Waals surface area contributed by atoms with E-state index in [1.807, 2.05) is 0 Å². The summed E-state index contributed by atoms with van der Waals surface area (Å²) in [6.07, 6.45) is 4.54. The Balaban J connectivity index is 1.70. The van der Waals surface area contributed by atoms with Crippen molar-refractivity contribution < 1.29 is 0 Å². The Morgan fingerprint density at radius 3 is 2.58 bits per heavy atom. The first-order chi connectivity index (χ1) is 5.86. The average Bonchev–Trinajstić information content (AvgIpc) is 2.34. The van der Waals surface area contributed by atoms with Gasteiger partial charge >= 0.3 is 0 Å². The van der Waals surface area contributed by atoms with Gasteiger partial charge < -0.3 is 5.32 Å². The number of hydrogen-bond donors (Lipinski definition) is 1. The van der Waals surface area contributed by atoms with Crippen LogP contribution in [0, 0.1) is 11.8 Å². The monoisotopic (exact) mass is 166 g/mol. The molecular formula is C10H18N2. The molecule has 0 amide bonds. The average molecular weight is 166 g/mol. The van der Waals surface area contributed by atoms with Gasteiger partial charge in [-0.25, -0.2) is 0 Å². The zero-order valence-corrected chi connectivity index (χ0v) is 7.79. The molecule has 0 aromatic rings. The van der Waals surface area contributed by atoms with Crippen LogP contribution in [0.1, 0.15) is 6.92 Å². The number of nitrogens with one attached hydrogen (secondary N) is 1. The second-order valence-electron chi connectivity index (χ2n) is 4.09. The van der Waals surface area contributed by atoms with Crippen LogP contribution < -0.4 is 5.32 Å². The molecule has 2 rings (SSSR count). The van der Waals surface area contributed by atoms with E-state index in [0.29, 0.717) is 0 Å². The van der Waals surface area contributed by atoms with Gasteiger partial charge in [-0.05, 0) is 24.9 Å². The lowest BCUT2D eigenvalue weighted by Gasteiger charge is -2.34. The van der Waals surface area contributed by atoms with E-state index < -0.39 is 0 Å². The lowest BCUT2D eigenvalue weighted by molar-refractivity contribution is 0.189. The maximum Gasteiger partial charge on any atom is 0.0167 e. The standard InChI is InChI=1S/C10H18N2/c1-9(10-6-11-7-10)8-12-4-2-3-5-12/h2-3,9-11H,4-8H2,1H3. The molecule has 1 fully saturated rings. The Morgan fingerprint density at radius 1 is 1.42 bits per heavy atom. The van der Waals surface area contributed by atoms with Crippen molar-refractivity contribution in [3.63, 3.8) is 0 Å². The van der Waals surface area contributed by atoms with Gasteiger partial charge in [-0.1, -0.05) is 19.1 Å². The summed E-state index contributed by atoms with van der Waals surface area (Å²) in [5, 5.41) is 3.33. The second-order valence-corrected chi connectivity index (χ2v) is 4.09. The Morgan fingerprint density at radius 2 is 2.08 bits per heavy atom. The topological polar surface area (TPSA) is 15.3 Å². The normalized spacial score (nSPS) is 27.4. The summed E-state index contributed by atoms with van der Waals surface area (Å²) in [4.78, 5) is 2.52. The SMILES string of the molecule is CC(CN1CC=CC1)C1CNC1. The van der Waals surface area contributed by atoms with E-state index in [0.717, 1.165) is 11.8 Å². The van der Waals surface area contributed by atoms with E-state index in [1.54, 1.807) is 0 Å². The van der Waals surface area contributed by atoms with E-state index >= 15 is 0 Å². The third kappa shape index (κ3) is 1.70. The molecule has 0 bridgehead atoms. The van der Waals surface area contributed by atoms with Crippen LogP contribution in [0.3, 0.4) is 0 Å². The summed E-state index contributed by atoms with van der Waals surface area (Å²) in [6, 6.07) is 0. The molecular weight excluding hydrogens is 148 g/mol. The Hall–Kier alpha value is -0.340. The molecule has 0 aliphatic carbocycles. The third-order valence-corrected chi connectivity index (χ3v) is 3.06. The van der Waals surface area contributed by atoms with Gasteiger partial charge in [-0.15, -0.1) is 0 Å². The zero-order valence-electron chi connectivity index (χ0n) is 7.79. The van der Waals surface area contributed by atoms with Gasteiger partial charge in [0.25, 0.3) is 0 Å². The Labute approximate surface area is 74.6 Å². The first-order valence-corrected chi connectivity index (χ1v) is 4.94. The van der Waals surface area contributed by atoms with Crippen molar-refractivity contribution in [2.75, 3.05) is 32.7 Å². The molecule has 2 heteroatoms. The highest BCUT2D eigenvalue weighted by molar-refractivity contribution is 4.96. The summed E-state index contributed by atoms with van der Waals surface area (Å²) < 4.78 is 0. The molecule has 12 heavy (non-hydrogen) atoms. The molecule has 0 saturated carbocycles. The third-order valence-electron chi connectivity index (χ3n) is 3.06. The molecule has 1 unspecified atom stereocenters. The van der Waals surface area contributed by atoms with Crippen LogP contribution in [0.4, 0.5) is 0 Å². The molecule has 2 aliphatic heterocycles. The number of hydrogen-bond acceptors (Lipinski definition) is 2. The maximum absolute atomic E-state index is 3.33. The minimum atomic E-state index is 0.867. The lowest BCUT2D eigenvalue weighted by Crippen LogP contribution is -2.48. The largest absolute Gasteiger partial charge is 0.316 e. The van der Waals surface area contributed by atoms with Gasteiger partial charge in [0.05, 0.1) is 0 Å². The highest BCUT2D eigenvalue weighted by atomic mass is 15.1. The lowest BCUT2D eigenvalue weighted by atomic mass is 9.88. The first kappa shape index (κ1) is 8.27. The number of nitrogens with zero attached hydrogens (tertiary/aromatic N) is 1. The summed E-state index contributed by atoms with van der Waals surface area (Å²) in [5.41, 5.74) is 0. The molecule has 1 saturated heterocycles. The minimum absolute atomic E-state index is 0.867. The summed E-state index contributed by atoms with van der Waals surface area (Å²) in [5.74, 6) is 1.80. The molecule has 1 atom stereocenters. The maximum atomic E-state index is 3.33. The van der Waals surface area contributed by atoms with Crippen LogP contribution in [-0.4, -0.2) is 37.6 Å². The minimum Gasteiger partial charge on any atom is -0.316 e. The Bertz CT molecular complexity index is 165. The van der Waals surface area contributed by atoms with Crippen molar-refractivity contribution in [2.45, 2.75) is 6.92 Å². The van der Waals surface area contributed by atoms with Crippen molar-refractivity contribution >= 4 is 0 Å². The van der Waals surface area contributed by atoms with E-state index in [1.165, 1.54) is 32.7 Å². The van der Waals surface area contributed by atoms with Gasteiger partial charge in [0, 0.05) is 19.6 Å². The molecule has 2 nitrogen and oxygen atoms in total. The number of rotatable bonds is 3. The van der Waals surface area contributed by atoms with Crippen molar-refractivity contribution in [2.24, 2.45) is 11.8 Å². The predicted octanol–water partition coefficient (Wildman–Crippen LogP) is 0.714. The second kappa shape index (κ2) is 3.58. The summed E-state index contributed by atoms with van der Waals surface area (Å²) in [7, 11) is 0. The smallest absolute Gasteiger partial charge is 0.0167 e. The highest BCUT2D eigenvalue weighted by Gasteiger charge is 2.24. The van der Waals surface area contributed by atoms with Gasteiger partial charge in [0.15, 0.2) is 0 Å². The zero-order chi connectivity index (χ0) is 8.39. The van der Waals surface area contributed by atoms with Gasteiger partial charge in [0.2, 0.25) is 0 Å². The van der Waals surface area contributed by atoms with Gasteiger partial charge in [0.1, 0.15) is 0 Å². The Kier molecular flexibility index (Phi) is 2.47. The molecule has 68 valence electrons. The van der Waals surface area contributed by atoms with E-state index in [-0.39, 0.29) is 0 Å². The van der Waals surface area contributed by atoms with Crippen LogP contribution >= 0.6 is 0 Å². The molecule has 0 aromatic carbocycles. The van der Waals surface area contributed by atoms with Gasteiger partial charge in [-0.2, -0.15) is 0 Å². The fraction of sp³-hybridized carbons (Fsp3) is 0.800. The van der Waals surface area contributed by atoms with E-state index in [4.69, 9.17) is 0 Å². The van der Waals surface area contributed by atoms with Crippen LogP contribution in [0.25, 0.3) is 0 Å². The van der Waals surface area contributed by atoms with Crippen LogP contribution in [-0.2, 0) is 0 Å². The van der Waals surface area contributed by atoms with Crippen molar-refractivity contribution in [3.8, 4) is 0 Å². The van der Waals surface area contributed by atoms with E-state index in [9.17, 15) is 0 Å². The van der Waals surface area contributed by atoms with Crippen molar-refractivity contribution in [3.05, 3.63) is 12.2 Å². The van der Waals surface area contributed by atoms with Gasteiger partial charge in [-0.3, -0.25) is 4.90 Å². The van der Waals surface area contributed by atoms with Crippen molar-refractivity contribution in [1.82, 2.24) is 10.2 Å². The summed E-state index contributed by atoms with van der Waals surface area (Å²) in [6.45, 7) is 8.48. The quantitative estimate of drug-likeness (QED) is 0.621. The molecule has 1 N–H and O–H groups in total. The molecule has 2 aliphatic rings. The molecule has 0 aromatic heterocycles. The van der Waals surface area contributed by atoms with Crippen LogP contribution in [0.15, 0.2) is 12.2 Å². The first-order valence-electron chi connectivity index (χ1n) is 4.94. The predicted molar refractivity (Wildman–Crippen MR) is 51.1 cm³/mol. The fourth-order valence-corrected chi connectivity index (χ4v) is 1.94.